The van der Waals surface area contributed by atoms with E-state index in [1.54, 1.807) is 0 Å². The highest BCUT2D eigenvalue weighted by molar-refractivity contribution is 7.09. The Morgan fingerprint density at radius 1 is 1.31 bits per heavy atom. The van der Waals surface area contributed by atoms with Crippen LogP contribution in [-0.2, 0) is 20.9 Å². The van der Waals surface area contributed by atoms with Crippen molar-refractivity contribution in [2.45, 2.75) is 44.0 Å². The number of carbonyl (C=O) groups excluding carboxylic acids is 1. The number of morpholine rings is 1. The van der Waals surface area contributed by atoms with Gasteiger partial charge < -0.3 is 14.7 Å². The van der Waals surface area contributed by atoms with E-state index in [0.717, 1.165) is 51.5 Å². The number of piperidine rings is 1. The van der Waals surface area contributed by atoms with Crippen LogP contribution >= 0.6 is 11.3 Å². The topological polar surface area (TPSA) is 70.1 Å². The molecule has 3 aliphatic rings. The number of likely N-dealkylation sites (tertiary alicyclic amines) is 1. The second-order valence-corrected chi connectivity index (χ2v) is 8.88. The molecule has 1 amide bonds. The molecule has 1 N–H and O–H groups in total. The van der Waals surface area contributed by atoms with Crippen LogP contribution in [0.25, 0.3) is 0 Å². The molecule has 0 unspecified atom stereocenters. The Hall–Kier alpha value is -1.65. The lowest BCUT2D eigenvalue weighted by atomic mass is 9.89. The summed E-state index contributed by atoms with van der Waals surface area (Å²) in [5, 5.41) is 9.27. The summed E-state index contributed by atoms with van der Waals surface area (Å²) in [6.45, 7) is 5.26. The van der Waals surface area contributed by atoms with E-state index in [4.69, 9.17) is 14.6 Å². The van der Waals surface area contributed by atoms with E-state index < -0.39 is 12.1 Å². The minimum absolute atomic E-state index is 0.0747. The van der Waals surface area contributed by atoms with Crippen molar-refractivity contribution in [2.75, 3.05) is 32.8 Å². The van der Waals surface area contributed by atoms with Crippen molar-refractivity contribution in [1.29, 1.82) is 0 Å². The molecule has 29 heavy (non-hydrogen) atoms. The Morgan fingerprint density at radius 2 is 1.97 bits per heavy atom. The molecule has 0 radical (unpaired) electrons. The fraction of sp³-hybridized carbons (Fsp3) is 0.684. The van der Waals surface area contributed by atoms with Crippen molar-refractivity contribution in [3.63, 3.8) is 0 Å². The highest BCUT2D eigenvalue weighted by Gasteiger charge is 2.43. The molecular formula is C19H25F3N2O4S. The lowest BCUT2D eigenvalue weighted by Gasteiger charge is -2.47. The fourth-order valence-corrected chi connectivity index (χ4v) is 4.36. The van der Waals surface area contributed by atoms with E-state index in [1.165, 1.54) is 17.7 Å². The molecule has 3 heterocycles. The van der Waals surface area contributed by atoms with Crippen molar-refractivity contribution in [1.82, 2.24) is 9.80 Å². The van der Waals surface area contributed by atoms with E-state index in [-0.39, 0.29) is 18.1 Å². The number of carbonyl (C=O) groups is 2. The number of aliphatic carboxylic acids is 1. The van der Waals surface area contributed by atoms with Gasteiger partial charge in [-0.1, -0.05) is 6.07 Å². The van der Waals surface area contributed by atoms with Gasteiger partial charge in [0.25, 0.3) is 0 Å². The average molecular weight is 434 g/mol. The molecule has 1 spiro atoms. The smallest absolute Gasteiger partial charge is 0.475 e. The molecule has 10 heteroatoms. The number of rotatable bonds is 4. The predicted molar refractivity (Wildman–Crippen MR) is 101 cm³/mol. The Morgan fingerprint density at radius 3 is 2.48 bits per heavy atom. The molecule has 4 rings (SSSR count). The number of thiophene rings is 1. The summed E-state index contributed by atoms with van der Waals surface area (Å²) >= 11 is 1.83. The molecule has 162 valence electrons. The normalized spacial score (nSPS) is 22.3. The van der Waals surface area contributed by atoms with Gasteiger partial charge in [0.1, 0.15) is 6.61 Å². The van der Waals surface area contributed by atoms with E-state index in [2.05, 4.69) is 27.3 Å². The van der Waals surface area contributed by atoms with Crippen LogP contribution in [0.2, 0.25) is 0 Å². The summed E-state index contributed by atoms with van der Waals surface area (Å²) < 4.78 is 37.8. The quantitative estimate of drug-likeness (QED) is 0.789. The van der Waals surface area contributed by atoms with Crippen LogP contribution in [0.3, 0.4) is 0 Å². The van der Waals surface area contributed by atoms with Gasteiger partial charge in [0, 0.05) is 37.6 Å². The molecule has 2 saturated heterocycles. The van der Waals surface area contributed by atoms with Crippen LogP contribution in [0.15, 0.2) is 17.5 Å². The molecule has 0 bridgehead atoms. The molecule has 1 saturated carbocycles. The minimum Gasteiger partial charge on any atom is -0.475 e. The SMILES string of the molecule is O=C(O)C(F)(F)F.O=C1COC2(CCN(Cc3cccs3)CC2)CN1CC1CC1. The van der Waals surface area contributed by atoms with Crippen LogP contribution < -0.4 is 0 Å². The van der Waals surface area contributed by atoms with Gasteiger partial charge >= 0.3 is 12.1 Å². The maximum absolute atomic E-state index is 12.1. The number of carboxylic acid groups (broad SMARTS) is 1. The molecule has 1 aromatic rings. The van der Waals surface area contributed by atoms with Gasteiger partial charge in [-0.15, -0.1) is 11.3 Å². The molecule has 3 fully saturated rings. The number of carboxylic acids is 1. The third kappa shape index (κ3) is 6.42. The van der Waals surface area contributed by atoms with Crippen molar-refractivity contribution >= 4 is 23.2 Å². The molecule has 6 nitrogen and oxygen atoms in total. The van der Waals surface area contributed by atoms with Gasteiger partial charge in [-0.25, -0.2) is 4.79 Å². The van der Waals surface area contributed by atoms with Gasteiger partial charge in [-0.05, 0) is 43.0 Å². The Kier molecular flexibility index (Phi) is 6.85. The lowest BCUT2D eigenvalue weighted by Crippen LogP contribution is -2.58. The summed E-state index contributed by atoms with van der Waals surface area (Å²) in [6, 6.07) is 4.33. The van der Waals surface area contributed by atoms with Gasteiger partial charge in [0.15, 0.2) is 0 Å². The first-order valence-corrected chi connectivity index (χ1v) is 10.5. The molecule has 2 aliphatic heterocycles. The minimum atomic E-state index is -5.08. The highest BCUT2D eigenvalue weighted by atomic mass is 32.1. The van der Waals surface area contributed by atoms with Crippen molar-refractivity contribution < 1.29 is 32.6 Å². The van der Waals surface area contributed by atoms with Crippen LogP contribution in [0, 0.1) is 5.92 Å². The van der Waals surface area contributed by atoms with Crippen LogP contribution in [0.5, 0.6) is 0 Å². The first-order valence-electron chi connectivity index (χ1n) is 9.63. The van der Waals surface area contributed by atoms with E-state index >= 15 is 0 Å². The molecule has 0 aromatic carbocycles. The second-order valence-electron chi connectivity index (χ2n) is 7.85. The van der Waals surface area contributed by atoms with Crippen molar-refractivity contribution in [2.24, 2.45) is 5.92 Å². The number of amides is 1. The van der Waals surface area contributed by atoms with Gasteiger partial charge in [0.2, 0.25) is 5.91 Å². The summed E-state index contributed by atoms with van der Waals surface area (Å²) in [5.74, 6) is -1.80. The molecule has 1 aliphatic carbocycles. The number of nitrogens with zero attached hydrogens (tertiary/aromatic N) is 2. The maximum atomic E-state index is 12.1. The Labute approximate surface area is 171 Å². The highest BCUT2D eigenvalue weighted by Crippen LogP contribution is 2.35. The molecule has 0 atom stereocenters. The van der Waals surface area contributed by atoms with Crippen molar-refractivity contribution in [3.05, 3.63) is 22.4 Å². The number of hydrogen-bond donors (Lipinski definition) is 1. The number of hydrogen-bond acceptors (Lipinski definition) is 5. The third-order valence-corrected chi connectivity index (χ3v) is 6.34. The van der Waals surface area contributed by atoms with E-state index in [9.17, 15) is 18.0 Å². The van der Waals surface area contributed by atoms with Crippen LogP contribution in [0.4, 0.5) is 13.2 Å². The van der Waals surface area contributed by atoms with Crippen LogP contribution in [0.1, 0.15) is 30.6 Å². The fourth-order valence-electron chi connectivity index (χ4n) is 3.61. The largest absolute Gasteiger partial charge is 0.490 e. The summed E-state index contributed by atoms with van der Waals surface area (Å²) in [7, 11) is 0. The zero-order valence-electron chi connectivity index (χ0n) is 16.0. The second kappa shape index (κ2) is 9.01. The zero-order valence-corrected chi connectivity index (χ0v) is 16.8. The van der Waals surface area contributed by atoms with E-state index in [1.807, 2.05) is 11.3 Å². The Bertz CT molecular complexity index is 699. The number of ether oxygens (including phenoxy) is 1. The first-order chi connectivity index (χ1) is 13.7. The first kappa shape index (κ1) is 22.0. The lowest BCUT2D eigenvalue weighted by molar-refractivity contribution is -0.192. The monoisotopic (exact) mass is 434 g/mol. The molecule has 1 aromatic heterocycles. The number of halogens is 3. The number of alkyl halides is 3. The van der Waals surface area contributed by atoms with Gasteiger partial charge in [-0.2, -0.15) is 13.2 Å². The molecular weight excluding hydrogens is 409 g/mol. The van der Waals surface area contributed by atoms with Gasteiger partial charge in [0.05, 0.1) is 5.60 Å². The summed E-state index contributed by atoms with van der Waals surface area (Å²) in [5.41, 5.74) is -0.0747. The standard InChI is InChI=1S/C17H24N2O2S.C2HF3O2/c20-16-12-21-17(13-19(16)10-14-3-4-14)5-7-18(8-6-17)11-15-2-1-9-22-15;3-2(4,5)1(6)7/h1-2,9,14H,3-8,10-13H2;(H,6,7). The summed E-state index contributed by atoms with van der Waals surface area (Å²) in [6.07, 6.45) is -0.391. The van der Waals surface area contributed by atoms with Crippen LogP contribution in [-0.4, -0.2) is 71.3 Å². The average Bonchev–Trinajstić information content (AvgIpc) is 3.33. The third-order valence-electron chi connectivity index (χ3n) is 5.48. The Balaban J connectivity index is 0.000000298. The van der Waals surface area contributed by atoms with Crippen molar-refractivity contribution in [3.8, 4) is 0 Å². The maximum Gasteiger partial charge on any atom is 0.490 e. The predicted octanol–water partition coefficient (Wildman–Crippen LogP) is 2.98. The van der Waals surface area contributed by atoms with Gasteiger partial charge in [-0.3, -0.25) is 9.69 Å². The van der Waals surface area contributed by atoms with E-state index in [0.29, 0.717) is 0 Å². The zero-order chi connectivity index (χ0) is 21.1. The summed E-state index contributed by atoms with van der Waals surface area (Å²) in [4.78, 5) is 27.0.